The Balaban J connectivity index is 1.43. The lowest BCUT2D eigenvalue weighted by Gasteiger charge is -2.45. The molecule has 3 saturated heterocycles. The van der Waals surface area contributed by atoms with Gasteiger partial charge in [-0.3, -0.25) is 57.5 Å². The summed E-state index contributed by atoms with van der Waals surface area (Å²) in [5, 5.41) is 12.0. The van der Waals surface area contributed by atoms with Gasteiger partial charge in [0.1, 0.15) is 59.9 Å². The number of alkyl halides is 1. The van der Waals surface area contributed by atoms with E-state index < -0.39 is 150 Å². The summed E-state index contributed by atoms with van der Waals surface area (Å²) in [5.41, 5.74) is -1.65. The normalized spacial score (nSPS) is 31.3. The Hall–Kier alpha value is -5.63. The van der Waals surface area contributed by atoms with Gasteiger partial charge >= 0.3 is 0 Å². The summed E-state index contributed by atoms with van der Waals surface area (Å²) in [6.45, 7) is 18.7. The van der Waals surface area contributed by atoms with Crippen molar-refractivity contribution in [2.24, 2.45) is 41.4 Å². The largest absolute Gasteiger partial charge is 0.343 e. The van der Waals surface area contributed by atoms with Crippen LogP contribution in [-0.4, -0.2) is 242 Å². The van der Waals surface area contributed by atoms with Gasteiger partial charge in [-0.2, -0.15) is 0 Å². The number of carbonyl (C=O) groups excluding carboxylic acids is 12. The predicted molar refractivity (Wildman–Crippen MR) is 389 cm³/mol. The van der Waals surface area contributed by atoms with Crippen LogP contribution in [0, 0.1) is 41.4 Å². The van der Waals surface area contributed by atoms with Crippen molar-refractivity contribution in [3.8, 4) is 0 Å². The Morgan fingerprint density at radius 1 is 0.535 bits per heavy atom. The topological polar surface area (TPSA) is 279 Å². The summed E-state index contributed by atoms with van der Waals surface area (Å²) in [4.78, 5) is 191. The van der Waals surface area contributed by atoms with Crippen molar-refractivity contribution < 1.29 is 57.5 Å². The second kappa shape index (κ2) is 37.5. The number of likely N-dealkylation sites (tertiary alicyclic amines) is 1. The zero-order valence-corrected chi connectivity index (χ0v) is 65.1. The van der Waals surface area contributed by atoms with Crippen LogP contribution in [0.1, 0.15) is 223 Å². The number of rotatable bonds is 13. The number of nitrogens with one attached hydrogen (secondary N) is 4. The van der Waals surface area contributed by atoms with Crippen molar-refractivity contribution in [3.05, 3.63) is 0 Å². The van der Waals surface area contributed by atoms with Crippen LogP contribution >= 0.6 is 22.6 Å². The van der Waals surface area contributed by atoms with E-state index in [4.69, 9.17) is 0 Å². The Kier molecular flexibility index (Phi) is 31.2. The van der Waals surface area contributed by atoms with Crippen LogP contribution in [0.2, 0.25) is 0 Å². The lowest BCUT2D eigenvalue weighted by atomic mass is 9.79. The number of likely N-dealkylation sites (N-methyl/N-ethyl adjacent to an activating group) is 6. The number of nitrogens with zero attached hydrogens (tertiary/aromatic N) is 8. The molecule has 12 amide bonds. The summed E-state index contributed by atoms with van der Waals surface area (Å²) in [6, 6.07) is -10.3. The summed E-state index contributed by atoms with van der Waals surface area (Å²) >= 11 is 2.43. The molecule has 12 atom stereocenters. The summed E-state index contributed by atoms with van der Waals surface area (Å²) in [5.74, 6) is -6.91. The quantitative estimate of drug-likeness (QED) is 0.111. The average Bonchev–Trinajstić information content (AvgIpc) is 0.785. The van der Waals surface area contributed by atoms with Gasteiger partial charge in [-0.15, -0.1) is 0 Å². The van der Waals surface area contributed by atoms with Gasteiger partial charge in [0.15, 0.2) is 0 Å². The van der Waals surface area contributed by atoms with Gasteiger partial charge in [-0.1, -0.05) is 148 Å². The highest BCUT2D eigenvalue weighted by atomic mass is 127. The van der Waals surface area contributed by atoms with E-state index in [9.17, 15) is 28.8 Å². The van der Waals surface area contributed by atoms with Crippen LogP contribution in [0.5, 0.6) is 0 Å². The van der Waals surface area contributed by atoms with Crippen molar-refractivity contribution in [2.45, 2.75) is 287 Å². The van der Waals surface area contributed by atoms with E-state index in [0.717, 1.165) is 89.9 Å². The van der Waals surface area contributed by atoms with E-state index in [1.54, 1.807) is 32.7 Å². The molecule has 99 heavy (non-hydrogen) atoms. The third kappa shape index (κ3) is 22.0. The van der Waals surface area contributed by atoms with Crippen LogP contribution < -0.4 is 21.3 Å². The highest BCUT2D eigenvalue weighted by molar-refractivity contribution is 14.1. The minimum atomic E-state index is -1.65. The number of piperidine rings is 1. The fourth-order valence-electron chi connectivity index (χ4n) is 15.6. The van der Waals surface area contributed by atoms with Gasteiger partial charge < -0.3 is 60.5 Å². The van der Waals surface area contributed by atoms with E-state index in [-0.39, 0.29) is 61.8 Å². The second-order valence-corrected chi connectivity index (χ2v) is 33.7. The molecule has 3 saturated carbocycles. The standard InChI is InChI=1S/C74H125IN12O12/c1-17-48(7)63-72(98)81(12)49(8)66(92)87-36-33-57(87)70(96)84(15)59(42-51-31-29-47(6)30-32-51)69(95)80(11)44-61(88)76-54(41-52-27-24-28-53(75)39-52)64(90)77-56(40-50-25-20-18-21-26-50)68(94)85(16)74(9,10)73(99)78-55(37-45(2)3)67(93)83(14)60(71(97)86-34-22-19-23-35-86)43-62(89)82(13)58(38-46(4)5)65(91)79-63/h45-60,63H,17-44H2,1-16H3,(H,76,88)(H,77,90)(H,78,99)(H,79,91)/t47?,48-,49-,51?,52?,53?,54-,55-,56-,57-,58-,59-,60-,63-/m0/s1. The fourth-order valence-corrected chi connectivity index (χ4v) is 16.7. The molecule has 0 aromatic heterocycles. The van der Waals surface area contributed by atoms with Gasteiger partial charge in [0, 0.05) is 65.8 Å². The summed E-state index contributed by atoms with van der Waals surface area (Å²) in [7, 11) is 8.95. The van der Waals surface area contributed by atoms with Crippen molar-refractivity contribution in [3.63, 3.8) is 0 Å². The lowest BCUT2D eigenvalue weighted by molar-refractivity contribution is -0.160. The number of carbonyl (C=O) groups is 12. The Morgan fingerprint density at radius 2 is 1.13 bits per heavy atom. The highest BCUT2D eigenvalue weighted by Crippen LogP contribution is 2.36. The monoisotopic (exact) mass is 1500 g/mol. The second-order valence-electron chi connectivity index (χ2n) is 32.0. The number of halogens is 1. The van der Waals surface area contributed by atoms with E-state index in [0.29, 0.717) is 55.0 Å². The Morgan fingerprint density at radius 3 is 1.72 bits per heavy atom. The van der Waals surface area contributed by atoms with Crippen LogP contribution in [0.4, 0.5) is 0 Å². The van der Waals surface area contributed by atoms with Crippen molar-refractivity contribution in [1.29, 1.82) is 0 Å². The molecule has 2 unspecified atom stereocenters. The molecule has 0 radical (unpaired) electrons. The molecule has 24 nitrogen and oxygen atoms in total. The Bertz CT molecular complexity index is 2820. The number of hydrogen-bond acceptors (Lipinski definition) is 12. The average molecular weight is 1500 g/mol. The van der Waals surface area contributed by atoms with Gasteiger partial charge in [-0.25, -0.2) is 0 Å². The maximum absolute atomic E-state index is 15.4. The molecule has 25 heteroatoms. The smallest absolute Gasteiger partial charge is 0.246 e. The molecule has 3 heterocycles. The molecule has 6 aliphatic rings. The summed E-state index contributed by atoms with van der Waals surface area (Å²) < 4.78 is 0.352. The number of fused-ring (bicyclic) bond motifs is 1. The van der Waals surface area contributed by atoms with Gasteiger partial charge in [0.2, 0.25) is 70.9 Å². The molecule has 6 rings (SSSR count). The molecule has 6 fully saturated rings. The van der Waals surface area contributed by atoms with Crippen molar-refractivity contribution in [1.82, 2.24) is 60.5 Å². The molecule has 3 aliphatic heterocycles. The van der Waals surface area contributed by atoms with Crippen molar-refractivity contribution >= 4 is 93.5 Å². The maximum Gasteiger partial charge on any atom is 0.246 e. The predicted octanol–water partition coefficient (Wildman–Crippen LogP) is 6.68. The maximum atomic E-state index is 15.4. The lowest BCUT2D eigenvalue weighted by Crippen LogP contribution is -2.65. The first-order valence-corrected chi connectivity index (χ1v) is 38.8. The van der Waals surface area contributed by atoms with Gasteiger partial charge in [0.05, 0.1) is 13.0 Å². The minimum absolute atomic E-state index is 0.0516. The third-order valence-electron chi connectivity index (χ3n) is 23.1. The molecular weight excluding hydrogens is 1380 g/mol. The Labute approximate surface area is 605 Å². The molecule has 4 N–H and O–H groups in total. The summed E-state index contributed by atoms with van der Waals surface area (Å²) in [6.07, 6.45) is 15.4. The van der Waals surface area contributed by atoms with Crippen LogP contribution in [-0.2, 0) is 57.5 Å². The van der Waals surface area contributed by atoms with E-state index in [1.807, 2.05) is 41.5 Å². The van der Waals surface area contributed by atoms with Gasteiger partial charge in [-0.05, 0) is 133 Å². The highest BCUT2D eigenvalue weighted by Gasteiger charge is 2.48. The zero-order chi connectivity index (χ0) is 73.5. The van der Waals surface area contributed by atoms with E-state index >= 15 is 28.8 Å². The third-order valence-corrected chi connectivity index (χ3v) is 24.2. The van der Waals surface area contributed by atoms with Crippen LogP contribution in [0.25, 0.3) is 0 Å². The molecule has 0 aromatic carbocycles. The number of hydrogen-bond donors (Lipinski definition) is 4. The number of amides is 12. The van der Waals surface area contributed by atoms with E-state index in [1.165, 1.54) is 69.5 Å². The first kappa shape index (κ1) is 82.3. The fraction of sp³-hybridized carbons (Fsp3) is 0.838. The molecular formula is C74H125IN12O12. The zero-order valence-electron chi connectivity index (χ0n) is 63.0. The minimum Gasteiger partial charge on any atom is -0.343 e. The van der Waals surface area contributed by atoms with Crippen LogP contribution in [0.3, 0.4) is 0 Å². The van der Waals surface area contributed by atoms with E-state index in [2.05, 4.69) is 50.8 Å². The van der Waals surface area contributed by atoms with Gasteiger partial charge in [0.25, 0.3) is 0 Å². The SMILES string of the molecule is CC[C@H](C)[C@@H]1NC(=O)[C@H](CC(C)C)N(C)C(=O)C[C@@H](C(=O)N2CCCCC2)N(C)C(=O)[C@H](CC(C)C)NC(=O)C(C)(C)N(C)C(=O)[C@H](CC2CCCCC2)NC(=O)[C@H](CC2CCCC(I)C2)NC(=O)CN(C)C(=O)[C@H](CC2CCC(C)CC2)N(C)C(=O)[C@@H]2CCN2C(=O)[C@H](C)N(C)C1=O. The molecule has 0 aromatic rings. The molecule has 0 bridgehead atoms. The molecule has 0 spiro atoms. The first-order chi connectivity index (χ1) is 46.6. The van der Waals surface area contributed by atoms with Crippen LogP contribution in [0.15, 0.2) is 0 Å². The van der Waals surface area contributed by atoms with Crippen molar-refractivity contribution in [2.75, 3.05) is 68.5 Å². The first-order valence-electron chi connectivity index (χ1n) is 37.6. The molecule has 560 valence electrons. The molecule has 3 aliphatic carbocycles.